The fraction of sp³-hybridized carbons (Fsp3) is 0.429. The van der Waals surface area contributed by atoms with Gasteiger partial charge in [-0.15, -0.1) is 0 Å². The quantitative estimate of drug-likeness (QED) is 0.836. The monoisotopic (exact) mass is 313 g/mol. The van der Waals surface area contributed by atoms with Gasteiger partial charge in [0.15, 0.2) is 11.5 Å². The fourth-order valence-electron chi connectivity index (χ4n) is 1.42. The number of rotatable bonds is 7. The van der Waals surface area contributed by atoms with E-state index in [2.05, 4.69) is 41.7 Å². The molecule has 0 atom stereocenters. The molecule has 1 aromatic rings. The first-order valence-electron chi connectivity index (χ1n) is 5.89. The van der Waals surface area contributed by atoms with Crippen molar-refractivity contribution < 1.29 is 9.47 Å². The molecule has 4 heteroatoms. The first-order chi connectivity index (χ1) is 8.52. The minimum atomic E-state index is 0.431. The molecule has 1 aromatic carbocycles. The molecule has 0 fully saturated rings. The Morgan fingerprint density at radius 3 is 2.67 bits per heavy atom. The average Bonchev–Trinajstić information content (AvgIpc) is 2.34. The van der Waals surface area contributed by atoms with Crippen LogP contribution in [0.3, 0.4) is 0 Å². The van der Waals surface area contributed by atoms with Gasteiger partial charge < -0.3 is 14.8 Å². The molecule has 0 unspecified atom stereocenters. The SMILES string of the molecule is C=C(Br)COc1ccc(CNC(C)C)cc1OC. The Bertz CT molecular complexity index is 405. The van der Waals surface area contributed by atoms with Crippen LogP contribution in [-0.4, -0.2) is 19.8 Å². The van der Waals surface area contributed by atoms with Crippen molar-refractivity contribution in [2.45, 2.75) is 26.4 Å². The highest BCUT2D eigenvalue weighted by molar-refractivity contribution is 9.11. The zero-order valence-electron chi connectivity index (χ0n) is 11.1. The molecule has 18 heavy (non-hydrogen) atoms. The largest absolute Gasteiger partial charge is 0.493 e. The first kappa shape index (κ1) is 15.1. The summed E-state index contributed by atoms with van der Waals surface area (Å²) in [5.74, 6) is 1.47. The van der Waals surface area contributed by atoms with Crippen molar-refractivity contribution in [1.82, 2.24) is 5.32 Å². The summed E-state index contributed by atoms with van der Waals surface area (Å²) < 4.78 is 11.7. The van der Waals surface area contributed by atoms with Crippen LogP contribution >= 0.6 is 15.9 Å². The maximum Gasteiger partial charge on any atom is 0.161 e. The highest BCUT2D eigenvalue weighted by atomic mass is 79.9. The minimum Gasteiger partial charge on any atom is -0.493 e. The Morgan fingerprint density at radius 1 is 1.39 bits per heavy atom. The van der Waals surface area contributed by atoms with Gasteiger partial charge in [0, 0.05) is 17.1 Å². The third-order valence-electron chi connectivity index (χ3n) is 2.33. The lowest BCUT2D eigenvalue weighted by Crippen LogP contribution is -2.21. The fourth-order valence-corrected chi connectivity index (χ4v) is 1.53. The molecule has 0 bridgehead atoms. The number of hydrogen-bond donors (Lipinski definition) is 1. The molecular formula is C14H20BrNO2. The molecule has 1 rings (SSSR count). The van der Waals surface area contributed by atoms with Crippen molar-refractivity contribution in [2.75, 3.05) is 13.7 Å². The van der Waals surface area contributed by atoms with Gasteiger partial charge in [0.05, 0.1) is 7.11 Å². The van der Waals surface area contributed by atoms with E-state index in [1.54, 1.807) is 7.11 Å². The molecule has 0 spiro atoms. The van der Waals surface area contributed by atoms with Crippen molar-refractivity contribution in [2.24, 2.45) is 0 Å². The molecule has 100 valence electrons. The minimum absolute atomic E-state index is 0.431. The molecule has 0 heterocycles. The Kier molecular flexibility index (Phi) is 6.22. The summed E-state index contributed by atoms with van der Waals surface area (Å²) in [6, 6.07) is 6.40. The molecule has 3 nitrogen and oxygen atoms in total. The van der Waals surface area contributed by atoms with Crippen molar-refractivity contribution in [1.29, 1.82) is 0 Å². The van der Waals surface area contributed by atoms with Crippen LogP contribution in [0.5, 0.6) is 11.5 Å². The zero-order chi connectivity index (χ0) is 13.5. The molecule has 0 aliphatic rings. The summed E-state index contributed by atoms with van der Waals surface area (Å²) in [6.45, 7) is 9.23. The van der Waals surface area contributed by atoms with Crippen molar-refractivity contribution in [3.05, 3.63) is 34.8 Å². The number of methoxy groups -OCH3 is 1. The summed E-state index contributed by atoms with van der Waals surface area (Å²) in [6.07, 6.45) is 0. The van der Waals surface area contributed by atoms with Gasteiger partial charge in [0.25, 0.3) is 0 Å². The lowest BCUT2D eigenvalue weighted by atomic mass is 10.2. The molecule has 0 saturated carbocycles. The van der Waals surface area contributed by atoms with Gasteiger partial charge in [-0.25, -0.2) is 0 Å². The average molecular weight is 314 g/mol. The Balaban J connectivity index is 2.73. The lowest BCUT2D eigenvalue weighted by Gasteiger charge is -2.13. The Hall–Kier alpha value is -1.00. The first-order valence-corrected chi connectivity index (χ1v) is 6.68. The second-order valence-corrected chi connectivity index (χ2v) is 5.45. The number of nitrogens with one attached hydrogen (secondary N) is 1. The summed E-state index contributed by atoms with van der Waals surface area (Å²) in [5, 5.41) is 3.36. The van der Waals surface area contributed by atoms with Gasteiger partial charge >= 0.3 is 0 Å². The molecule has 0 saturated heterocycles. The Morgan fingerprint density at radius 2 is 2.11 bits per heavy atom. The van der Waals surface area contributed by atoms with Gasteiger partial charge in [0.2, 0.25) is 0 Å². The standard InChI is InChI=1S/C14H20BrNO2/c1-10(2)16-8-12-5-6-13(14(7-12)17-4)18-9-11(3)15/h5-7,10,16H,3,8-9H2,1-2,4H3. The van der Waals surface area contributed by atoms with Crippen LogP contribution in [0.15, 0.2) is 29.3 Å². The predicted octanol–water partition coefficient (Wildman–Crippen LogP) is 3.48. The molecular weight excluding hydrogens is 294 g/mol. The molecule has 0 aromatic heterocycles. The summed E-state index contributed by atoms with van der Waals surface area (Å²) in [5.41, 5.74) is 1.17. The van der Waals surface area contributed by atoms with E-state index in [0.29, 0.717) is 12.6 Å². The van der Waals surface area contributed by atoms with Crippen LogP contribution in [0.2, 0.25) is 0 Å². The van der Waals surface area contributed by atoms with Gasteiger partial charge in [0.1, 0.15) is 6.61 Å². The van der Waals surface area contributed by atoms with E-state index in [0.717, 1.165) is 22.5 Å². The van der Waals surface area contributed by atoms with E-state index in [-0.39, 0.29) is 0 Å². The van der Waals surface area contributed by atoms with Crippen LogP contribution in [0.4, 0.5) is 0 Å². The van der Waals surface area contributed by atoms with Crippen molar-refractivity contribution in [3.8, 4) is 11.5 Å². The van der Waals surface area contributed by atoms with Crippen LogP contribution in [0, 0.1) is 0 Å². The van der Waals surface area contributed by atoms with E-state index in [1.807, 2.05) is 18.2 Å². The van der Waals surface area contributed by atoms with Gasteiger partial charge in [-0.05, 0) is 17.7 Å². The van der Waals surface area contributed by atoms with Crippen LogP contribution in [0.25, 0.3) is 0 Å². The third kappa shape index (κ3) is 5.10. The summed E-state index contributed by atoms with van der Waals surface area (Å²) >= 11 is 3.26. The van der Waals surface area contributed by atoms with Crippen molar-refractivity contribution in [3.63, 3.8) is 0 Å². The predicted molar refractivity (Wildman–Crippen MR) is 78.5 cm³/mol. The van der Waals surface area contributed by atoms with Crippen molar-refractivity contribution >= 4 is 15.9 Å². The van der Waals surface area contributed by atoms with Crippen LogP contribution in [0.1, 0.15) is 19.4 Å². The highest BCUT2D eigenvalue weighted by Crippen LogP contribution is 2.28. The topological polar surface area (TPSA) is 30.5 Å². The second kappa shape index (κ2) is 7.44. The normalized spacial score (nSPS) is 10.5. The van der Waals surface area contributed by atoms with E-state index in [9.17, 15) is 0 Å². The van der Waals surface area contributed by atoms with Crippen LogP contribution in [-0.2, 0) is 6.54 Å². The molecule has 1 N–H and O–H groups in total. The molecule has 0 radical (unpaired) electrons. The Labute approximate surface area is 117 Å². The molecule has 0 amide bonds. The summed E-state index contributed by atoms with van der Waals surface area (Å²) in [7, 11) is 1.64. The third-order valence-corrected chi connectivity index (χ3v) is 2.56. The zero-order valence-corrected chi connectivity index (χ0v) is 12.7. The van der Waals surface area contributed by atoms with Gasteiger partial charge in [-0.1, -0.05) is 42.4 Å². The smallest absolute Gasteiger partial charge is 0.161 e. The maximum atomic E-state index is 5.58. The van der Waals surface area contributed by atoms with Gasteiger partial charge in [-0.2, -0.15) is 0 Å². The summed E-state index contributed by atoms with van der Waals surface area (Å²) in [4.78, 5) is 0. The highest BCUT2D eigenvalue weighted by Gasteiger charge is 2.06. The number of halogens is 1. The molecule has 0 aliphatic carbocycles. The van der Waals surface area contributed by atoms with Gasteiger partial charge in [-0.3, -0.25) is 0 Å². The molecule has 0 aliphatic heterocycles. The second-order valence-electron chi connectivity index (χ2n) is 4.33. The lowest BCUT2D eigenvalue weighted by molar-refractivity contribution is 0.324. The number of benzene rings is 1. The van der Waals surface area contributed by atoms with E-state index in [1.165, 1.54) is 5.56 Å². The van der Waals surface area contributed by atoms with E-state index >= 15 is 0 Å². The van der Waals surface area contributed by atoms with E-state index in [4.69, 9.17) is 9.47 Å². The number of hydrogen-bond acceptors (Lipinski definition) is 3. The van der Waals surface area contributed by atoms with Crippen LogP contribution < -0.4 is 14.8 Å². The maximum absolute atomic E-state index is 5.58. The van der Waals surface area contributed by atoms with E-state index < -0.39 is 0 Å². The number of ether oxygens (including phenoxy) is 2.